The molecule has 1 fully saturated rings. The number of benzene rings is 1. The van der Waals surface area contributed by atoms with Crippen molar-refractivity contribution < 1.29 is 31.9 Å². The molecule has 2 heterocycles. The second kappa shape index (κ2) is 8.06. The largest absolute Gasteiger partial charge is 0.522 e. The number of carbonyl (C=O) groups excluding carboxylic acids is 1. The molecule has 1 aliphatic heterocycles. The first-order chi connectivity index (χ1) is 13.5. The summed E-state index contributed by atoms with van der Waals surface area (Å²) in [7, 11) is 0. The van der Waals surface area contributed by atoms with Gasteiger partial charge in [-0.05, 0) is 51.3 Å². The molecule has 1 unspecified atom stereocenters. The molecule has 6 nitrogen and oxygen atoms in total. The molecular formula is C20H22F3NO5. The molecule has 0 aliphatic carbocycles. The topological polar surface area (TPSA) is 69.0 Å². The zero-order valence-corrected chi connectivity index (χ0v) is 16.3. The molecule has 1 aliphatic rings. The van der Waals surface area contributed by atoms with Gasteiger partial charge in [-0.15, -0.1) is 13.2 Å². The van der Waals surface area contributed by atoms with Crippen LogP contribution < -0.4 is 10.4 Å². The Morgan fingerprint density at radius 1 is 1.21 bits per heavy atom. The van der Waals surface area contributed by atoms with E-state index in [-0.39, 0.29) is 31.8 Å². The van der Waals surface area contributed by atoms with Crippen molar-refractivity contribution in [3.63, 3.8) is 0 Å². The number of fused-ring (bicyclic) bond motifs is 1. The van der Waals surface area contributed by atoms with E-state index in [9.17, 15) is 22.8 Å². The molecule has 1 amide bonds. The third-order valence-electron chi connectivity index (χ3n) is 5.14. The molecule has 0 spiro atoms. The van der Waals surface area contributed by atoms with Crippen molar-refractivity contribution >= 4 is 16.9 Å². The van der Waals surface area contributed by atoms with Crippen LogP contribution in [-0.2, 0) is 9.53 Å². The molecular weight excluding hydrogens is 391 g/mol. The number of hydrogen-bond acceptors (Lipinski definition) is 5. The number of aryl methyl sites for hydroxylation is 1. The quantitative estimate of drug-likeness (QED) is 0.715. The Bertz CT molecular complexity index is 961. The highest BCUT2D eigenvalue weighted by Crippen LogP contribution is 2.26. The molecule has 1 saturated heterocycles. The van der Waals surface area contributed by atoms with E-state index in [0.717, 1.165) is 10.9 Å². The number of amides is 1. The first-order valence-electron chi connectivity index (χ1n) is 9.29. The van der Waals surface area contributed by atoms with Gasteiger partial charge >= 0.3 is 12.0 Å². The number of alkyl halides is 3. The lowest BCUT2D eigenvalue weighted by molar-refractivity contribution is -0.345. The van der Waals surface area contributed by atoms with E-state index in [1.807, 2.05) is 6.92 Å². The zero-order chi connectivity index (χ0) is 21.3. The summed E-state index contributed by atoms with van der Waals surface area (Å²) in [6.45, 7) is 5.42. The lowest BCUT2D eigenvalue weighted by atomic mass is 10.1. The third-order valence-corrected chi connectivity index (χ3v) is 5.14. The van der Waals surface area contributed by atoms with E-state index in [2.05, 4.69) is 4.74 Å². The maximum absolute atomic E-state index is 12.6. The van der Waals surface area contributed by atoms with Gasteiger partial charge in [0.05, 0.1) is 6.10 Å². The van der Waals surface area contributed by atoms with Crippen LogP contribution in [0.15, 0.2) is 27.4 Å². The van der Waals surface area contributed by atoms with Crippen molar-refractivity contribution in [1.29, 1.82) is 0 Å². The number of nitrogens with zero attached hydrogens (tertiary/aromatic N) is 1. The van der Waals surface area contributed by atoms with Gasteiger partial charge < -0.3 is 14.1 Å². The van der Waals surface area contributed by atoms with E-state index in [4.69, 9.17) is 9.15 Å². The first-order valence-corrected chi connectivity index (χ1v) is 9.29. The average Bonchev–Trinajstić information content (AvgIpc) is 2.65. The van der Waals surface area contributed by atoms with E-state index in [0.29, 0.717) is 16.9 Å². The molecule has 0 bridgehead atoms. The summed E-state index contributed by atoms with van der Waals surface area (Å²) >= 11 is 0. The van der Waals surface area contributed by atoms with Crippen LogP contribution in [0.1, 0.15) is 30.9 Å². The van der Waals surface area contributed by atoms with Crippen LogP contribution in [-0.4, -0.2) is 42.5 Å². The highest BCUT2D eigenvalue weighted by Gasteiger charge is 2.36. The van der Waals surface area contributed by atoms with Crippen LogP contribution in [0.5, 0.6) is 5.75 Å². The summed E-state index contributed by atoms with van der Waals surface area (Å²) in [5, 5.41) is 0.778. The zero-order valence-electron chi connectivity index (χ0n) is 16.3. The second-order valence-corrected chi connectivity index (χ2v) is 7.15. The molecule has 0 N–H and O–H groups in total. The van der Waals surface area contributed by atoms with Gasteiger partial charge in [0.25, 0.3) is 5.91 Å². The summed E-state index contributed by atoms with van der Waals surface area (Å²) < 4.78 is 51.9. The van der Waals surface area contributed by atoms with Gasteiger partial charge in [0, 0.05) is 30.1 Å². The van der Waals surface area contributed by atoms with Gasteiger partial charge in [-0.25, -0.2) is 4.79 Å². The molecule has 9 heteroatoms. The van der Waals surface area contributed by atoms with Gasteiger partial charge in [0.2, 0.25) is 0 Å². The summed E-state index contributed by atoms with van der Waals surface area (Å²) in [6, 6.07) is 4.99. The number of rotatable bonds is 4. The SMILES string of the molecule is Cc1c(C)c2ccc(OC(C)C(=O)N3CCC(OC(F)(F)F)CC3)cc2oc1=O. The van der Waals surface area contributed by atoms with E-state index in [1.165, 1.54) is 4.90 Å². The van der Waals surface area contributed by atoms with Crippen LogP contribution in [0, 0.1) is 13.8 Å². The number of carbonyl (C=O) groups is 1. The van der Waals surface area contributed by atoms with Crippen molar-refractivity contribution in [2.45, 2.75) is 52.2 Å². The van der Waals surface area contributed by atoms with E-state index >= 15 is 0 Å². The normalized spacial score (nSPS) is 16.8. The van der Waals surface area contributed by atoms with Gasteiger partial charge in [-0.2, -0.15) is 0 Å². The van der Waals surface area contributed by atoms with Gasteiger partial charge in [-0.1, -0.05) is 0 Å². The fourth-order valence-electron chi connectivity index (χ4n) is 3.40. The fraction of sp³-hybridized carbons (Fsp3) is 0.500. The minimum absolute atomic E-state index is 0.109. The molecule has 29 heavy (non-hydrogen) atoms. The standard InChI is InChI=1S/C20H22F3NO5/c1-11-12(2)19(26)28-17-10-15(4-5-16(11)17)27-13(3)18(25)24-8-6-14(7-9-24)29-20(21,22)23/h4-5,10,13-14H,6-9H2,1-3H3. The minimum atomic E-state index is -4.67. The number of halogens is 3. The first kappa shape index (κ1) is 21.2. The summed E-state index contributed by atoms with van der Waals surface area (Å²) in [6.07, 6.45) is -6.24. The van der Waals surface area contributed by atoms with Crippen molar-refractivity contribution in [2.24, 2.45) is 0 Å². The summed E-state index contributed by atoms with van der Waals surface area (Å²) in [5.74, 6) is 0.0390. The van der Waals surface area contributed by atoms with Gasteiger partial charge in [-0.3, -0.25) is 9.53 Å². The lowest BCUT2D eigenvalue weighted by Crippen LogP contribution is -2.46. The van der Waals surface area contributed by atoms with Crippen LogP contribution in [0.3, 0.4) is 0 Å². The Kier molecular flexibility index (Phi) is 5.88. The van der Waals surface area contributed by atoms with Gasteiger partial charge in [0.15, 0.2) is 6.10 Å². The van der Waals surface area contributed by atoms with Crippen molar-refractivity contribution in [3.8, 4) is 5.75 Å². The number of ether oxygens (including phenoxy) is 2. The molecule has 1 aromatic carbocycles. The highest BCUT2D eigenvalue weighted by molar-refractivity contribution is 5.83. The molecule has 0 radical (unpaired) electrons. The molecule has 158 valence electrons. The second-order valence-electron chi connectivity index (χ2n) is 7.15. The molecule has 1 aromatic heterocycles. The average molecular weight is 413 g/mol. The van der Waals surface area contributed by atoms with E-state index in [1.54, 1.807) is 32.0 Å². The molecule has 1 atom stereocenters. The Hall–Kier alpha value is -2.55. The molecule has 2 aromatic rings. The predicted octanol–water partition coefficient (Wildman–Crippen LogP) is 3.70. The Morgan fingerprint density at radius 3 is 2.48 bits per heavy atom. The Morgan fingerprint density at radius 2 is 1.86 bits per heavy atom. The minimum Gasteiger partial charge on any atom is -0.481 e. The predicted molar refractivity (Wildman–Crippen MR) is 98.8 cm³/mol. The van der Waals surface area contributed by atoms with Crippen molar-refractivity contribution in [1.82, 2.24) is 4.90 Å². The van der Waals surface area contributed by atoms with Crippen molar-refractivity contribution in [3.05, 3.63) is 39.7 Å². The number of hydrogen-bond donors (Lipinski definition) is 0. The van der Waals surface area contributed by atoms with Crippen LogP contribution in [0.25, 0.3) is 11.0 Å². The lowest BCUT2D eigenvalue weighted by Gasteiger charge is -2.33. The fourth-order valence-corrected chi connectivity index (χ4v) is 3.40. The number of likely N-dealkylation sites (tertiary alicyclic amines) is 1. The summed E-state index contributed by atoms with van der Waals surface area (Å²) in [4.78, 5) is 25.9. The van der Waals surface area contributed by atoms with Crippen LogP contribution in [0.2, 0.25) is 0 Å². The third kappa shape index (κ3) is 4.90. The summed E-state index contributed by atoms with van der Waals surface area (Å²) in [5.41, 5.74) is 1.28. The Balaban J connectivity index is 1.64. The monoisotopic (exact) mass is 413 g/mol. The molecule has 0 saturated carbocycles. The number of piperidine rings is 1. The van der Waals surface area contributed by atoms with Gasteiger partial charge in [0.1, 0.15) is 11.3 Å². The van der Waals surface area contributed by atoms with Crippen LogP contribution in [0.4, 0.5) is 13.2 Å². The maximum Gasteiger partial charge on any atom is 0.522 e. The molecule has 3 rings (SSSR count). The Labute approximate surface area is 165 Å². The van der Waals surface area contributed by atoms with Crippen LogP contribution >= 0.6 is 0 Å². The highest BCUT2D eigenvalue weighted by atomic mass is 19.4. The van der Waals surface area contributed by atoms with Crippen molar-refractivity contribution in [2.75, 3.05) is 13.1 Å². The van der Waals surface area contributed by atoms with E-state index < -0.39 is 24.2 Å². The maximum atomic E-state index is 12.6. The smallest absolute Gasteiger partial charge is 0.481 e.